The van der Waals surface area contributed by atoms with Crippen LogP contribution in [0.4, 0.5) is 0 Å². The monoisotopic (exact) mass is 272 g/mol. The number of ether oxygens (including phenoxy) is 2. The second kappa shape index (κ2) is 9.70. The number of rotatable bonds is 10. The van der Waals surface area contributed by atoms with E-state index >= 15 is 0 Å². The lowest BCUT2D eigenvalue weighted by molar-refractivity contribution is -0.00763. The van der Waals surface area contributed by atoms with Crippen molar-refractivity contribution >= 4 is 0 Å². The Labute approximate surface area is 118 Å². The van der Waals surface area contributed by atoms with E-state index in [9.17, 15) is 0 Å². The Kier molecular flexibility index (Phi) is 8.62. The van der Waals surface area contributed by atoms with Crippen LogP contribution >= 0.6 is 0 Å². The molecule has 0 aliphatic carbocycles. The highest BCUT2D eigenvalue weighted by Crippen LogP contribution is 2.30. The Morgan fingerprint density at radius 3 is 2.53 bits per heavy atom. The van der Waals surface area contributed by atoms with Gasteiger partial charge in [0.05, 0.1) is 6.61 Å². The van der Waals surface area contributed by atoms with E-state index < -0.39 is 0 Å². The molecule has 0 amide bonds. The first kappa shape index (κ1) is 16.9. The van der Waals surface area contributed by atoms with Gasteiger partial charge in [0.2, 0.25) is 0 Å². The van der Waals surface area contributed by atoms with Crippen LogP contribution in [0.3, 0.4) is 0 Å². The largest absolute Gasteiger partial charge is 0.381 e. The zero-order chi connectivity index (χ0) is 14.0. The molecule has 4 heteroatoms. The molecule has 1 aliphatic heterocycles. The predicted octanol–water partition coefficient (Wildman–Crippen LogP) is 1.75. The van der Waals surface area contributed by atoms with Crippen molar-refractivity contribution in [1.29, 1.82) is 0 Å². The molecule has 1 aliphatic rings. The van der Waals surface area contributed by atoms with E-state index in [0.29, 0.717) is 5.41 Å². The van der Waals surface area contributed by atoms with Crippen LogP contribution in [0.2, 0.25) is 0 Å². The van der Waals surface area contributed by atoms with Gasteiger partial charge in [0.1, 0.15) is 0 Å². The molecule has 0 aromatic heterocycles. The summed E-state index contributed by atoms with van der Waals surface area (Å²) in [6.45, 7) is 15.4. The molecule has 0 radical (unpaired) electrons. The third kappa shape index (κ3) is 6.21. The second-order valence-corrected chi connectivity index (χ2v) is 5.46. The third-order valence-corrected chi connectivity index (χ3v) is 4.07. The van der Waals surface area contributed by atoms with Crippen LogP contribution in [0.5, 0.6) is 0 Å². The van der Waals surface area contributed by atoms with Gasteiger partial charge in [-0.1, -0.05) is 13.8 Å². The molecule has 0 aromatic rings. The maximum Gasteiger partial charge on any atom is 0.0593 e. The number of nitrogens with one attached hydrogen (secondary N) is 1. The lowest BCUT2D eigenvalue weighted by Crippen LogP contribution is -2.48. The van der Waals surface area contributed by atoms with E-state index in [0.717, 1.165) is 59.2 Å². The average Bonchev–Trinajstić information content (AvgIpc) is 2.45. The summed E-state index contributed by atoms with van der Waals surface area (Å²) in [4.78, 5) is 2.53. The Morgan fingerprint density at radius 1 is 1.21 bits per heavy atom. The van der Waals surface area contributed by atoms with Crippen LogP contribution in [-0.4, -0.2) is 64.1 Å². The van der Waals surface area contributed by atoms with Gasteiger partial charge in [-0.15, -0.1) is 0 Å². The average molecular weight is 272 g/mol. The molecule has 0 aromatic carbocycles. The number of hydrogen-bond donors (Lipinski definition) is 1. The van der Waals surface area contributed by atoms with Gasteiger partial charge in [0, 0.05) is 39.5 Å². The molecule has 4 nitrogen and oxygen atoms in total. The van der Waals surface area contributed by atoms with Crippen molar-refractivity contribution in [3.8, 4) is 0 Å². The normalized spacial score (nSPS) is 18.9. The highest BCUT2D eigenvalue weighted by Gasteiger charge is 2.33. The summed E-state index contributed by atoms with van der Waals surface area (Å²) in [5.74, 6) is 0. The summed E-state index contributed by atoms with van der Waals surface area (Å²) in [7, 11) is 0. The van der Waals surface area contributed by atoms with Gasteiger partial charge < -0.3 is 19.7 Å². The van der Waals surface area contributed by atoms with Crippen molar-refractivity contribution in [3.05, 3.63) is 0 Å². The predicted molar refractivity (Wildman–Crippen MR) is 79.6 cm³/mol. The molecule has 1 heterocycles. The van der Waals surface area contributed by atoms with E-state index in [-0.39, 0.29) is 0 Å². The van der Waals surface area contributed by atoms with Crippen molar-refractivity contribution < 1.29 is 9.47 Å². The van der Waals surface area contributed by atoms with E-state index in [1.807, 2.05) is 0 Å². The molecule has 19 heavy (non-hydrogen) atoms. The molecular weight excluding hydrogens is 240 g/mol. The fourth-order valence-electron chi connectivity index (χ4n) is 2.75. The van der Waals surface area contributed by atoms with Crippen LogP contribution in [0.1, 0.15) is 33.6 Å². The molecule has 1 rings (SSSR count). The van der Waals surface area contributed by atoms with Crippen molar-refractivity contribution in [1.82, 2.24) is 10.2 Å². The zero-order valence-corrected chi connectivity index (χ0v) is 13.0. The van der Waals surface area contributed by atoms with Gasteiger partial charge >= 0.3 is 0 Å². The number of hydrogen-bond acceptors (Lipinski definition) is 4. The Morgan fingerprint density at radius 2 is 1.95 bits per heavy atom. The van der Waals surface area contributed by atoms with Crippen LogP contribution < -0.4 is 5.32 Å². The van der Waals surface area contributed by atoms with Crippen LogP contribution in [0.25, 0.3) is 0 Å². The van der Waals surface area contributed by atoms with Gasteiger partial charge in [-0.25, -0.2) is 0 Å². The van der Waals surface area contributed by atoms with Crippen molar-refractivity contribution in [3.63, 3.8) is 0 Å². The highest BCUT2D eigenvalue weighted by atomic mass is 16.5. The molecule has 0 unspecified atom stereocenters. The van der Waals surface area contributed by atoms with Crippen LogP contribution in [-0.2, 0) is 9.47 Å². The summed E-state index contributed by atoms with van der Waals surface area (Å²) < 4.78 is 11.0. The standard InChI is InChI=1S/C15H32N2O2/c1-4-16-13-15(7-10-19-11-8-15)14-17(5-2)9-12-18-6-3/h16H,4-14H2,1-3H3. The second-order valence-electron chi connectivity index (χ2n) is 5.46. The quantitative estimate of drug-likeness (QED) is 0.614. The van der Waals surface area contributed by atoms with E-state index in [1.54, 1.807) is 0 Å². The molecule has 0 bridgehead atoms. The van der Waals surface area contributed by atoms with Gasteiger partial charge in [0.25, 0.3) is 0 Å². The summed E-state index contributed by atoms with van der Waals surface area (Å²) in [6, 6.07) is 0. The SMILES string of the molecule is CCNCC1(CN(CC)CCOCC)CCOCC1. The molecular formula is C15H32N2O2. The highest BCUT2D eigenvalue weighted by molar-refractivity contribution is 4.87. The van der Waals surface area contributed by atoms with Crippen LogP contribution in [0.15, 0.2) is 0 Å². The molecule has 1 N–H and O–H groups in total. The van der Waals surface area contributed by atoms with Crippen LogP contribution in [0, 0.1) is 5.41 Å². The van der Waals surface area contributed by atoms with E-state index in [4.69, 9.17) is 9.47 Å². The maximum atomic E-state index is 5.55. The van der Waals surface area contributed by atoms with Gasteiger partial charge in [-0.3, -0.25) is 0 Å². The van der Waals surface area contributed by atoms with Crippen molar-refractivity contribution in [2.75, 3.05) is 59.2 Å². The first-order valence-corrected chi connectivity index (χ1v) is 7.85. The minimum absolute atomic E-state index is 0.385. The topological polar surface area (TPSA) is 33.7 Å². The Hall–Kier alpha value is -0.160. The maximum absolute atomic E-state index is 5.55. The fourth-order valence-corrected chi connectivity index (χ4v) is 2.75. The minimum Gasteiger partial charge on any atom is -0.381 e. The minimum atomic E-state index is 0.385. The zero-order valence-electron chi connectivity index (χ0n) is 13.0. The molecule has 1 saturated heterocycles. The smallest absolute Gasteiger partial charge is 0.0593 e. The lowest BCUT2D eigenvalue weighted by atomic mass is 9.79. The Bertz CT molecular complexity index is 218. The fraction of sp³-hybridized carbons (Fsp3) is 1.00. The summed E-state index contributed by atoms with van der Waals surface area (Å²) in [6.07, 6.45) is 2.34. The Balaban J connectivity index is 2.48. The van der Waals surface area contributed by atoms with Crippen molar-refractivity contribution in [2.45, 2.75) is 33.6 Å². The lowest BCUT2D eigenvalue weighted by Gasteiger charge is -2.41. The van der Waals surface area contributed by atoms with Crippen molar-refractivity contribution in [2.24, 2.45) is 5.41 Å². The number of likely N-dealkylation sites (N-methyl/N-ethyl adjacent to an activating group) is 1. The molecule has 0 saturated carbocycles. The van der Waals surface area contributed by atoms with Gasteiger partial charge in [-0.2, -0.15) is 0 Å². The molecule has 0 atom stereocenters. The van der Waals surface area contributed by atoms with E-state index in [2.05, 4.69) is 31.0 Å². The third-order valence-electron chi connectivity index (χ3n) is 4.07. The van der Waals surface area contributed by atoms with E-state index in [1.165, 1.54) is 12.8 Å². The number of nitrogens with zero attached hydrogens (tertiary/aromatic N) is 1. The van der Waals surface area contributed by atoms with Gasteiger partial charge in [-0.05, 0) is 38.3 Å². The summed E-state index contributed by atoms with van der Waals surface area (Å²) >= 11 is 0. The molecule has 114 valence electrons. The first-order chi connectivity index (χ1) is 9.26. The molecule has 1 fully saturated rings. The summed E-state index contributed by atoms with van der Waals surface area (Å²) in [5.41, 5.74) is 0.385. The first-order valence-electron chi connectivity index (χ1n) is 7.85. The summed E-state index contributed by atoms with van der Waals surface area (Å²) in [5, 5.41) is 3.54. The van der Waals surface area contributed by atoms with Gasteiger partial charge in [0.15, 0.2) is 0 Å². The molecule has 0 spiro atoms.